The van der Waals surface area contributed by atoms with Gasteiger partial charge in [-0.2, -0.15) is 0 Å². The van der Waals surface area contributed by atoms with Gasteiger partial charge in [0.2, 0.25) is 0 Å². The number of rotatable bonds is 8. The van der Waals surface area contributed by atoms with Gasteiger partial charge in [-0.1, -0.05) is 34.1 Å². The minimum absolute atomic E-state index is 0.121. The van der Waals surface area contributed by atoms with Gasteiger partial charge in [-0.3, -0.25) is 23.9 Å². The Hall–Kier alpha value is -3.98. The number of hydrogen-bond acceptors (Lipinski definition) is 6. The number of aryl methyl sites for hydroxylation is 2. The average Bonchev–Trinajstić information content (AvgIpc) is 3.17. The fraction of sp³-hybridized carbons (Fsp3) is 0.241. The van der Waals surface area contributed by atoms with Gasteiger partial charge in [0.25, 0.3) is 17.4 Å². The molecular formula is C29H26BrN3O5. The summed E-state index contributed by atoms with van der Waals surface area (Å²) >= 11 is 3.52. The maximum atomic E-state index is 13.8. The maximum Gasteiger partial charge on any atom is 0.261 e. The van der Waals surface area contributed by atoms with Crippen LogP contribution in [0.2, 0.25) is 0 Å². The number of carbonyl (C=O) groups excluding carboxylic acids is 2. The fourth-order valence-corrected chi connectivity index (χ4v) is 5.17. The molecule has 0 spiro atoms. The lowest BCUT2D eigenvalue weighted by atomic mass is 10.1. The van der Waals surface area contributed by atoms with Crippen molar-refractivity contribution in [2.24, 2.45) is 0 Å². The molecule has 1 aromatic heterocycles. The molecule has 0 bridgehead atoms. The highest BCUT2D eigenvalue weighted by Crippen LogP contribution is 2.28. The Morgan fingerprint density at radius 2 is 1.53 bits per heavy atom. The lowest BCUT2D eigenvalue weighted by Gasteiger charge is -2.18. The van der Waals surface area contributed by atoms with Crippen molar-refractivity contribution >= 4 is 38.6 Å². The van der Waals surface area contributed by atoms with E-state index in [-0.39, 0.29) is 30.3 Å². The summed E-state index contributed by atoms with van der Waals surface area (Å²) in [6.45, 7) is 2.36. The van der Waals surface area contributed by atoms with E-state index in [4.69, 9.17) is 14.5 Å². The third kappa shape index (κ3) is 4.47. The van der Waals surface area contributed by atoms with E-state index in [1.807, 2.05) is 31.2 Å². The highest BCUT2D eigenvalue weighted by Gasteiger charge is 2.35. The summed E-state index contributed by atoms with van der Waals surface area (Å²) < 4.78 is 13.2. The molecule has 194 valence electrons. The van der Waals surface area contributed by atoms with Gasteiger partial charge < -0.3 is 9.47 Å². The van der Waals surface area contributed by atoms with Crippen LogP contribution in [-0.2, 0) is 19.4 Å². The van der Waals surface area contributed by atoms with Crippen LogP contribution in [0.5, 0.6) is 11.5 Å². The molecule has 2 heterocycles. The van der Waals surface area contributed by atoms with E-state index in [2.05, 4.69) is 15.9 Å². The number of halogens is 1. The second-order valence-corrected chi connectivity index (χ2v) is 9.90. The van der Waals surface area contributed by atoms with Crippen LogP contribution in [0.4, 0.5) is 0 Å². The highest BCUT2D eigenvalue weighted by atomic mass is 79.9. The molecule has 0 N–H and O–H groups in total. The number of methoxy groups -OCH3 is 2. The van der Waals surface area contributed by atoms with E-state index in [9.17, 15) is 14.4 Å². The van der Waals surface area contributed by atoms with Crippen LogP contribution in [0, 0.1) is 6.92 Å². The van der Waals surface area contributed by atoms with Gasteiger partial charge in [-0.25, -0.2) is 4.98 Å². The molecule has 0 aliphatic carbocycles. The molecular weight excluding hydrogens is 550 g/mol. The van der Waals surface area contributed by atoms with E-state index in [1.165, 1.54) is 4.90 Å². The molecule has 9 heteroatoms. The second-order valence-electron chi connectivity index (χ2n) is 9.05. The fourth-order valence-electron chi connectivity index (χ4n) is 4.84. The third-order valence-corrected chi connectivity index (χ3v) is 7.77. The van der Waals surface area contributed by atoms with Crippen molar-refractivity contribution in [1.29, 1.82) is 0 Å². The summed E-state index contributed by atoms with van der Waals surface area (Å²) in [7, 11) is 3.16. The first-order chi connectivity index (χ1) is 18.3. The molecule has 4 aromatic rings. The number of ether oxygens (including phenoxy) is 2. The monoisotopic (exact) mass is 575 g/mol. The molecule has 5 rings (SSSR count). The maximum absolute atomic E-state index is 13.8. The summed E-state index contributed by atoms with van der Waals surface area (Å²) in [6, 6.07) is 16.1. The predicted octanol–water partition coefficient (Wildman–Crippen LogP) is 4.57. The molecule has 1 aliphatic rings. The number of hydrogen-bond donors (Lipinski definition) is 0. The summed E-state index contributed by atoms with van der Waals surface area (Å²) in [5, 5.41) is 0.538. The van der Waals surface area contributed by atoms with Crippen LogP contribution in [0.25, 0.3) is 10.9 Å². The smallest absolute Gasteiger partial charge is 0.261 e. The van der Waals surface area contributed by atoms with Gasteiger partial charge in [0.05, 0.1) is 36.2 Å². The quantitative estimate of drug-likeness (QED) is 0.286. The van der Waals surface area contributed by atoms with E-state index in [0.29, 0.717) is 52.3 Å². The number of aromatic nitrogens is 2. The van der Waals surface area contributed by atoms with Crippen LogP contribution >= 0.6 is 15.9 Å². The molecule has 3 aromatic carbocycles. The number of amides is 2. The minimum atomic E-state index is -0.328. The van der Waals surface area contributed by atoms with Crippen molar-refractivity contribution in [3.05, 3.63) is 97.5 Å². The molecule has 8 nitrogen and oxygen atoms in total. The molecule has 0 unspecified atom stereocenters. The SMILES string of the molecule is COc1ccc(CCn2c(CCN3C(=O)c4ccccc4C3=O)nc3ccc(Br)c(C)c3c2=O)cc1OC. The van der Waals surface area contributed by atoms with E-state index in [0.717, 1.165) is 15.6 Å². The van der Waals surface area contributed by atoms with Gasteiger partial charge in [-0.15, -0.1) is 0 Å². The summed E-state index contributed by atoms with van der Waals surface area (Å²) in [6.07, 6.45) is 0.790. The summed E-state index contributed by atoms with van der Waals surface area (Å²) in [5.41, 5.74) is 2.99. The van der Waals surface area contributed by atoms with E-state index >= 15 is 0 Å². The Labute approximate surface area is 227 Å². The normalized spacial score (nSPS) is 12.8. The zero-order valence-electron chi connectivity index (χ0n) is 21.3. The lowest BCUT2D eigenvalue weighted by molar-refractivity contribution is 0.0655. The molecule has 0 atom stereocenters. The van der Waals surface area contributed by atoms with E-state index < -0.39 is 0 Å². The number of imide groups is 1. The van der Waals surface area contributed by atoms with Gasteiger partial charge in [-0.05, 0) is 60.9 Å². The largest absolute Gasteiger partial charge is 0.493 e. The van der Waals surface area contributed by atoms with Crippen LogP contribution in [0.15, 0.2) is 63.9 Å². The standard InChI is InChI=1S/C29H26BrN3O5/c1-17-21(30)9-10-22-26(17)29(36)32(14-12-18-8-11-23(37-2)24(16-18)38-3)25(31-22)13-15-33-27(34)19-6-4-5-7-20(19)28(33)35/h4-11,16H,12-15H2,1-3H3. The molecule has 2 amide bonds. The third-order valence-electron chi connectivity index (χ3n) is 6.91. The molecule has 0 saturated heterocycles. The lowest BCUT2D eigenvalue weighted by Crippen LogP contribution is -2.34. The Morgan fingerprint density at radius 1 is 0.842 bits per heavy atom. The molecule has 0 radical (unpaired) electrons. The Balaban J connectivity index is 1.49. The van der Waals surface area contributed by atoms with Crippen molar-refractivity contribution in [2.75, 3.05) is 20.8 Å². The Morgan fingerprint density at radius 3 is 2.18 bits per heavy atom. The number of carbonyl (C=O) groups is 2. The van der Waals surface area contributed by atoms with Gasteiger partial charge in [0.1, 0.15) is 5.82 Å². The van der Waals surface area contributed by atoms with Crippen molar-refractivity contribution in [3.63, 3.8) is 0 Å². The van der Waals surface area contributed by atoms with Crippen molar-refractivity contribution in [3.8, 4) is 11.5 Å². The average molecular weight is 576 g/mol. The predicted molar refractivity (Wildman–Crippen MR) is 147 cm³/mol. The zero-order chi connectivity index (χ0) is 27.0. The highest BCUT2D eigenvalue weighted by molar-refractivity contribution is 9.10. The number of fused-ring (bicyclic) bond motifs is 2. The van der Waals surface area contributed by atoms with Crippen molar-refractivity contribution < 1.29 is 19.1 Å². The second kappa shape index (κ2) is 10.4. The molecule has 1 aliphatic heterocycles. The van der Waals surface area contributed by atoms with Crippen LogP contribution < -0.4 is 15.0 Å². The van der Waals surface area contributed by atoms with Crippen molar-refractivity contribution in [2.45, 2.75) is 26.3 Å². The first-order valence-corrected chi connectivity index (χ1v) is 13.0. The first kappa shape index (κ1) is 25.7. The summed E-state index contributed by atoms with van der Waals surface area (Å²) in [4.78, 5) is 45.6. The molecule has 0 fully saturated rings. The van der Waals surface area contributed by atoms with Gasteiger partial charge in [0.15, 0.2) is 11.5 Å². The van der Waals surface area contributed by atoms with Crippen molar-refractivity contribution in [1.82, 2.24) is 14.5 Å². The molecule has 0 saturated carbocycles. The zero-order valence-corrected chi connectivity index (χ0v) is 22.9. The number of benzene rings is 3. The first-order valence-electron chi connectivity index (χ1n) is 12.2. The Kier molecular flexibility index (Phi) is 7.03. The van der Waals surface area contributed by atoms with Gasteiger partial charge >= 0.3 is 0 Å². The van der Waals surface area contributed by atoms with E-state index in [1.54, 1.807) is 49.1 Å². The minimum Gasteiger partial charge on any atom is -0.493 e. The van der Waals surface area contributed by atoms with Crippen LogP contribution in [0.3, 0.4) is 0 Å². The molecule has 38 heavy (non-hydrogen) atoms. The Bertz CT molecular complexity index is 1610. The van der Waals surface area contributed by atoms with Gasteiger partial charge in [0, 0.05) is 24.0 Å². The van der Waals surface area contributed by atoms with Crippen LogP contribution in [0.1, 0.15) is 37.7 Å². The van der Waals surface area contributed by atoms with Crippen LogP contribution in [-0.4, -0.2) is 47.0 Å². The topological polar surface area (TPSA) is 90.7 Å². The summed E-state index contributed by atoms with van der Waals surface area (Å²) in [5.74, 6) is 1.10. The number of nitrogens with zero attached hydrogens (tertiary/aromatic N) is 3.